The largest absolute Gasteiger partial charge is 0.462 e. The van der Waals surface area contributed by atoms with Gasteiger partial charge in [-0.2, -0.15) is 0 Å². The molecule has 4 bridgehead atoms. The molecule has 150 valence electrons. The van der Waals surface area contributed by atoms with Gasteiger partial charge in [-0.25, -0.2) is 14.8 Å². The summed E-state index contributed by atoms with van der Waals surface area (Å²) in [4.78, 5) is 25.0. The zero-order valence-electron chi connectivity index (χ0n) is 16.7. The maximum Gasteiger partial charge on any atom is 0.338 e. The molecule has 0 radical (unpaired) electrons. The monoisotopic (exact) mass is 390 g/mol. The van der Waals surface area contributed by atoms with Crippen molar-refractivity contribution in [1.29, 1.82) is 0 Å². The number of carbonyl (C=O) groups excluding carboxylic acids is 1. The fraction of sp³-hybridized carbons (Fsp3) is 0.478. The molecule has 4 aliphatic rings. The van der Waals surface area contributed by atoms with E-state index < -0.39 is 0 Å². The summed E-state index contributed by atoms with van der Waals surface area (Å²) in [6, 6.07) is 5.63. The van der Waals surface area contributed by atoms with E-state index in [9.17, 15) is 4.79 Å². The molecule has 4 fully saturated rings. The van der Waals surface area contributed by atoms with E-state index in [-0.39, 0.29) is 11.5 Å². The number of nitrogens with one attached hydrogen (secondary N) is 1. The van der Waals surface area contributed by atoms with Crippen LogP contribution >= 0.6 is 0 Å². The minimum atomic E-state index is -0.322. The molecule has 1 aromatic carbocycles. The van der Waals surface area contributed by atoms with Crippen LogP contribution in [-0.2, 0) is 4.74 Å². The highest BCUT2D eigenvalue weighted by atomic mass is 16.5. The zero-order chi connectivity index (χ0) is 19.8. The lowest BCUT2D eigenvalue weighted by Crippen LogP contribution is -2.39. The molecule has 29 heavy (non-hydrogen) atoms. The van der Waals surface area contributed by atoms with Gasteiger partial charge in [0.1, 0.15) is 6.33 Å². The number of aromatic nitrogens is 2. The molecule has 6 rings (SSSR count). The second-order valence-electron chi connectivity index (χ2n) is 8.71. The molecule has 1 N–H and O–H groups in total. The van der Waals surface area contributed by atoms with Gasteiger partial charge in [-0.15, -0.1) is 0 Å². The van der Waals surface area contributed by atoms with Crippen molar-refractivity contribution in [2.24, 2.45) is 22.7 Å². The molecule has 0 saturated heterocycles. The first-order valence-electron chi connectivity index (χ1n) is 10.5. The Kier molecular flexibility index (Phi) is 4.57. The van der Waals surface area contributed by atoms with Crippen LogP contribution in [0, 0.1) is 17.8 Å². The molecule has 1 heterocycles. The summed E-state index contributed by atoms with van der Waals surface area (Å²) >= 11 is 0. The van der Waals surface area contributed by atoms with Crippen LogP contribution in [0.1, 0.15) is 54.9 Å². The Hall–Kier alpha value is -2.76. The van der Waals surface area contributed by atoms with E-state index in [1.165, 1.54) is 38.4 Å². The van der Waals surface area contributed by atoms with Gasteiger partial charge in [0.25, 0.3) is 0 Å². The number of esters is 1. The molecule has 6 heteroatoms. The van der Waals surface area contributed by atoms with Gasteiger partial charge in [-0.3, -0.25) is 4.99 Å². The first kappa shape index (κ1) is 18.3. The third kappa shape index (κ3) is 3.41. The molecule has 6 nitrogen and oxygen atoms in total. The van der Waals surface area contributed by atoms with Crippen LogP contribution in [0.5, 0.6) is 0 Å². The summed E-state index contributed by atoms with van der Waals surface area (Å²) in [5.41, 5.74) is 3.26. The number of rotatable bonds is 6. The summed E-state index contributed by atoms with van der Waals surface area (Å²) in [7, 11) is 0. The molecular weight excluding hydrogens is 364 g/mol. The molecule has 2 aromatic rings. The number of hydrogen-bond acceptors (Lipinski definition) is 6. The predicted molar refractivity (Wildman–Crippen MR) is 112 cm³/mol. The lowest BCUT2D eigenvalue weighted by molar-refractivity contribution is 0.0526. The topological polar surface area (TPSA) is 76.5 Å². The Morgan fingerprint density at radius 1 is 1.24 bits per heavy atom. The lowest BCUT2D eigenvalue weighted by Gasteiger charge is -2.35. The van der Waals surface area contributed by atoms with E-state index in [0.717, 1.165) is 34.7 Å². The number of carbonyl (C=O) groups is 1. The van der Waals surface area contributed by atoms with Crippen molar-refractivity contribution in [2.45, 2.75) is 44.6 Å². The van der Waals surface area contributed by atoms with Gasteiger partial charge in [-0.1, -0.05) is 0 Å². The zero-order valence-corrected chi connectivity index (χ0v) is 16.7. The molecule has 0 amide bonds. The molecule has 4 saturated carbocycles. The molecule has 4 aliphatic carbocycles. The van der Waals surface area contributed by atoms with Gasteiger partial charge in [0.15, 0.2) is 0 Å². The number of ether oxygens (including phenoxy) is 1. The van der Waals surface area contributed by atoms with Gasteiger partial charge >= 0.3 is 5.97 Å². The van der Waals surface area contributed by atoms with Crippen molar-refractivity contribution in [2.75, 3.05) is 11.9 Å². The first-order chi connectivity index (χ1) is 14.1. The minimum absolute atomic E-state index is 0.194. The van der Waals surface area contributed by atoms with Gasteiger partial charge in [-0.05, 0) is 75.0 Å². The highest BCUT2D eigenvalue weighted by Crippen LogP contribution is 2.61. The van der Waals surface area contributed by atoms with E-state index in [1.807, 2.05) is 25.1 Å². The summed E-state index contributed by atoms with van der Waals surface area (Å²) in [5, 5.41) is 3.88. The first-order valence-corrected chi connectivity index (χ1v) is 10.5. The van der Waals surface area contributed by atoms with E-state index in [0.29, 0.717) is 12.2 Å². The van der Waals surface area contributed by atoms with Gasteiger partial charge in [0.2, 0.25) is 0 Å². The highest BCUT2D eigenvalue weighted by molar-refractivity contribution is 5.93. The van der Waals surface area contributed by atoms with Crippen molar-refractivity contribution in [3.8, 4) is 0 Å². The number of anilines is 1. The fourth-order valence-electron chi connectivity index (χ4n) is 5.88. The van der Waals surface area contributed by atoms with E-state index in [2.05, 4.69) is 20.3 Å². The lowest BCUT2D eigenvalue weighted by atomic mass is 9.80. The van der Waals surface area contributed by atoms with Gasteiger partial charge in [0.05, 0.1) is 23.5 Å². The summed E-state index contributed by atoms with van der Waals surface area (Å²) in [6.45, 7) is 2.17. The smallest absolute Gasteiger partial charge is 0.338 e. The van der Waals surface area contributed by atoms with Gasteiger partial charge < -0.3 is 10.1 Å². The van der Waals surface area contributed by atoms with Crippen LogP contribution in [0.15, 0.2) is 41.9 Å². The summed E-state index contributed by atoms with van der Waals surface area (Å²) in [5.74, 6) is 2.17. The normalized spacial score (nSPS) is 29.5. The van der Waals surface area contributed by atoms with Crippen LogP contribution in [0.25, 0.3) is 0 Å². The number of benzene rings is 1. The molecule has 0 aliphatic heterocycles. The Morgan fingerprint density at radius 2 is 2.00 bits per heavy atom. The molecule has 0 spiro atoms. The molecule has 1 aromatic heterocycles. The quantitative estimate of drug-likeness (QED) is 0.585. The average molecular weight is 390 g/mol. The van der Waals surface area contributed by atoms with Crippen molar-refractivity contribution in [1.82, 2.24) is 9.97 Å². The third-order valence-corrected chi connectivity index (χ3v) is 6.82. The van der Waals surface area contributed by atoms with E-state index in [4.69, 9.17) is 4.74 Å². The third-order valence-electron chi connectivity index (χ3n) is 6.82. The number of aliphatic imine (C=N–C) groups is 1. The van der Waals surface area contributed by atoms with Crippen molar-refractivity contribution < 1.29 is 9.53 Å². The summed E-state index contributed by atoms with van der Waals surface area (Å²) < 4.78 is 5.18. The standard InChI is InChI=1S/C23H26N4O2/c1-2-29-22(28)18-3-4-20(21(8-18)26-13-17-11-24-14-25-12-17)27-23-9-15-5-16(10-23)7-19(23)6-15/h3-4,8,11-16,19,27H,2,5-7,9-10H2,1H3/b26-13-. The Balaban J connectivity index is 1.47. The minimum Gasteiger partial charge on any atom is -0.462 e. The van der Waals surface area contributed by atoms with Crippen LogP contribution in [0.4, 0.5) is 11.4 Å². The van der Waals surface area contributed by atoms with Crippen molar-refractivity contribution in [3.05, 3.63) is 48.0 Å². The second-order valence-corrected chi connectivity index (χ2v) is 8.71. The van der Waals surface area contributed by atoms with Crippen molar-refractivity contribution in [3.63, 3.8) is 0 Å². The van der Waals surface area contributed by atoms with Crippen molar-refractivity contribution >= 4 is 23.6 Å². The predicted octanol–water partition coefficient (Wildman–Crippen LogP) is 4.39. The Bertz CT molecular complexity index is 929. The van der Waals surface area contributed by atoms with Crippen LogP contribution in [0.3, 0.4) is 0 Å². The van der Waals surface area contributed by atoms with Crippen LogP contribution in [-0.4, -0.2) is 34.3 Å². The molecule has 2 unspecified atom stereocenters. The maximum absolute atomic E-state index is 12.2. The van der Waals surface area contributed by atoms with E-state index >= 15 is 0 Å². The second kappa shape index (κ2) is 7.25. The van der Waals surface area contributed by atoms with Crippen LogP contribution < -0.4 is 5.32 Å². The highest BCUT2D eigenvalue weighted by Gasteiger charge is 2.57. The van der Waals surface area contributed by atoms with Crippen LogP contribution in [0.2, 0.25) is 0 Å². The maximum atomic E-state index is 12.2. The van der Waals surface area contributed by atoms with Gasteiger partial charge in [0, 0.05) is 29.7 Å². The summed E-state index contributed by atoms with van der Waals surface area (Å²) in [6.07, 6.45) is 13.3. The number of hydrogen-bond donors (Lipinski definition) is 1. The Labute approximate surface area is 170 Å². The SMILES string of the molecule is CCOC(=O)c1ccc(NC23CC4CC(CC2C4)C3)c(/N=C\c2cncnc2)c1. The fourth-order valence-corrected chi connectivity index (χ4v) is 5.88. The average Bonchev–Trinajstić information content (AvgIpc) is 3.11. The molecular formula is C23H26N4O2. The van der Waals surface area contributed by atoms with E-state index in [1.54, 1.807) is 18.6 Å². The Morgan fingerprint density at radius 3 is 2.72 bits per heavy atom. The number of nitrogens with zero attached hydrogens (tertiary/aromatic N) is 3. The molecule has 2 atom stereocenters.